The molecule has 1 aliphatic rings. The number of carbonyl (C=O) groups excluding carboxylic acids is 1. The fraction of sp³-hybridized carbons (Fsp3) is 0.231. The van der Waals surface area contributed by atoms with Crippen LogP contribution < -0.4 is 9.64 Å². The van der Waals surface area contributed by atoms with Gasteiger partial charge < -0.3 is 4.74 Å². The molecular formula is C13H13N3O2. The standard InChI is InChI=1S/C13H13N3O2/c1-10-8-16(13(17)15-7-6-14-9-15)11-4-2-3-5-12(11)18-10/h2-7,9-10H,8H2,1H3. The van der Waals surface area contributed by atoms with Crippen molar-refractivity contribution in [2.45, 2.75) is 13.0 Å². The fourth-order valence-electron chi connectivity index (χ4n) is 2.08. The van der Waals surface area contributed by atoms with Crippen molar-refractivity contribution < 1.29 is 9.53 Å². The number of aromatic nitrogens is 2. The molecule has 5 nitrogen and oxygen atoms in total. The van der Waals surface area contributed by atoms with Crippen molar-refractivity contribution in [1.29, 1.82) is 0 Å². The van der Waals surface area contributed by atoms with Gasteiger partial charge in [-0.05, 0) is 19.1 Å². The van der Waals surface area contributed by atoms with Crippen molar-refractivity contribution in [1.82, 2.24) is 9.55 Å². The molecule has 5 heteroatoms. The Bertz CT molecular complexity index is 565. The molecular weight excluding hydrogens is 230 g/mol. The summed E-state index contributed by atoms with van der Waals surface area (Å²) in [6, 6.07) is 7.44. The molecule has 92 valence electrons. The Hall–Kier alpha value is -2.30. The molecule has 2 heterocycles. The number of benzene rings is 1. The average Bonchev–Trinajstić information content (AvgIpc) is 2.90. The smallest absolute Gasteiger partial charge is 0.334 e. The van der Waals surface area contributed by atoms with Gasteiger partial charge in [0.25, 0.3) is 0 Å². The Labute approximate surface area is 105 Å². The lowest BCUT2D eigenvalue weighted by Gasteiger charge is -2.33. The first-order valence-corrected chi connectivity index (χ1v) is 5.81. The monoisotopic (exact) mass is 243 g/mol. The van der Waals surface area contributed by atoms with Gasteiger partial charge in [0.1, 0.15) is 18.2 Å². The first-order valence-electron chi connectivity index (χ1n) is 5.81. The molecule has 1 atom stereocenters. The summed E-state index contributed by atoms with van der Waals surface area (Å²) in [7, 11) is 0. The quantitative estimate of drug-likeness (QED) is 0.712. The van der Waals surface area contributed by atoms with E-state index in [9.17, 15) is 4.79 Å². The molecule has 1 aromatic carbocycles. The van der Waals surface area contributed by atoms with Gasteiger partial charge in [0.15, 0.2) is 0 Å². The van der Waals surface area contributed by atoms with Crippen molar-refractivity contribution in [3.8, 4) is 5.75 Å². The van der Waals surface area contributed by atoms with Crippen LogP contribution in [0.3, 0.4) is 0 Å². The van der Waals surface area contributed by atoms with E-state index >= 15 is 0 Å². The minimum absolute atomic E-state index is 0.0210. The average molecular weight is 243 g/mol. The van der Waals surface area contributed by atoms with Crippen LogP contribution in [0.2, 0.25) is 0 Å². The van der Waals surface area contributed by atoms with Gasteiger partial charge in [-0.3, -0.25) is 9.47 Å². The van der Waals surface area contributed by atoms with Crippen LogP contribution in [-0.2, 0) is 0 Å². The van der Waals surface area contributed by atoms with Crippen molar-refractivity contribution in [3.63, 3.8) is 0 Å². The van der Waals surface area contributed by atoms with E-state index < -0.39 is 0 Å². The van der Waals surface area contributed by atoms with Gasteiger partial charge in [0.05, 0.1) is 12.2 Å². The number of amides is 1. The number of carbonyl (C=O) groups is 1. The third-order valence-electron chi connectivity index (χ3n) is 2.88. The first kappa shape index (κ1) is 10.8. The molecule has 3 rings (SSSR count). The van der Waals surface area contributed by atoms with E-state index in [1.54, 1.807) is 17.3 Å². The summed E-state index contributed by atoms with van der Waals surface area (Å²) in [5.41, 5.74) is 0.800. The maximum Gasteiger partial charge on any atom is 0.334 e. The van der Waals surface area contributed by atoms with Gasteiger partial charge in [-0.1, -0.05) is 12.1 Å². The van der Waals surface area contributed by atoms with Gasteiger partial charge in [0, 0.05) is 12.4 Å². The summed E-state index contributed by atoms with van der Waals surface area (Å²) >= 11 is 0. The zero-order chi connectivity index (χ0) is 12.5. The third-order valence-corrected chi connectivity index (χ3v) is 2.88. The molecule has 0 bridgehead atoms. The number of rotatable bonds is 0. The van der Waals surface area contributed by atoms with E-state index in [2.05, 4.69) is 4.98 Å². The number of para-hydroxylation sites is 2. The number of fused-ring (bicyclic) bond motifs is 1. The highest BCUT2D eigenvalue weighted by atomic mass is 16.5. The van der Waals surface area contributed by atoms with Crippen LogP contribution in [0.15, 0.2) is 43.0 Å². The zero-order valence-corrected chi connectivity index (χ0v) is 9.98. The Balaban J connectivity index is 2.00. The van der Waals surface area contributed by atoms with Gasteiger partial charge in [0.2, 0.25) is 0 Å². The lowest BCUT2D eigenvalue weighted by atomic mass is 10.2. The van der Waals surface area contributed by atoms with E-state index in [0.29, 0.717) is 6.54 Å². The van der Waals surface area contributed by atoms with Crippen molar-refractivity contribution in [2.75, 3.05) is 11.4 Å². The highest BCUT2D eigenvalue weighted by Crippen LogP contribution is 2.33. The summed E-state index contributed by atoms with van der Waals surface area (Å²) in [5, 5.41) is 0. The van der Waals surface area contributed by atoms with Crippen LogP contribution in [-0.4, -0.2) is 28.2 Å². The Morgan fingerprint density at radius 1 is 1.44 bits per heavy atom. The fourth-order valence-corrected chi connectivity index (χ4v) is 2.08. The molecule has 0 spiro atoms. The van der Waals surface area contributed by atoms with E-state index in [1.807, 2.05) is 31.2 Å². The Morgan fingerprint density at radius 3 is 3.06 bits per heavy atom. The molecule has 0 fully saturated rings. The van der Waals surface area contributed by atoms with Gasteiger partial charge in [-0.15, -0.1) is 0 Å². The van der Waals surface area contributed by atoms with Gasteiger partial charge in [-0.2, -0.15) is 0 Å². The van der Waals surface area contributed by atoms with Crippen LogP contribution in [0.1, 0.15) is 6.92 Å². The molecule has 0 aliphatic carbocycles. The summed E-state index contributed by atoms with van der Waals surface area (Å²) < 4.78 is 7.18. The van der Waals surface area contributed by atoms with E-state index in [-0.39, 0.29) is 12.1 Å². The number of hydrogen-bond donors (Lipinski definition) is 0. The highest BCUT2D eigenvalue weighted by molar-refractivity contribution is 5.95. The lowest BCUT2D eigenvalue weighted by molar-refractivity contribution is 0.205. The van der Waals surface area contributed by atoms with E-state index in [4.69, 9.17) is 4.74 Å². The van der Waals surface area contributed by atoms with Crippen LogP contribution >= 0.6 is 0 Å². The second-order valence-electron chi connectivity index (χ2n) is 4.26. The molecule has 0 saturated heterocycles. The summed E-state index contributed by atoms with van der Waals surface area (Å²) in [6.07, 6.45) is 4.72. The summed E-state index contributed by atoms with van der Waals surface area (Å²) in [6.45, 7) is 2.48. The second-order valence-corrected chi connectivity index (χ2v) is 4.26. The number of ether oxygens (including phenoxy) is 1. The molecule has 1 aromatic heterocycles. The van der Waals surface area contributed by atoms with Crippen LogP contribution in [0.25, 0.3) is 0 Å². The molecule has 1 unspecified atom stereocenters. The summed E-state index contributed by atoms with van der Waals surface area (Å²) in [5.74, 6) is 0.740. The number of hydrogen-bond acceptors (Lipinski definition) is 3. The maximum atomic E-state index is 12.4. The largest absolute Gasteiger partial charge is 0.487 e. The SMILES string of the molecule is CC1CN(C(=O)n2ccnc2)c2ccccc2O1. The minimum atomic E-state index is -0.116. The second kappa shape index (κ2) is 4.18. The van der Waals surface area contributed by atoms with Crippen LogP contribution in [0.5, 0.6) is 5.75 Å². The van der Waals surface area contributed by atoms with Crippen molar-refractivity contribution >= 4 is 11.7 Å². The maximum absolute atomic E-state index is 12.4. The predicted octanol–water partition coefficient (Wildman–Crippen LogP) is 2.14. The van der Waals surface area contributed by atoms with E-state index in [1.165, 1.54) is 10.9 Å². The zero-order valence-electron chi connectivity index (χ0n) is 9.98. The number of nitrogens with zero attached hydrogens (tertiary/aromatic N) is 3. The molecule has 0 radical (unpaired) electrons. The van der Waals surface area contributed by atoms with E-state index in [0.717, 1.165) is 11.4 Å². The van der Waals surface area contributed by atoms with Gasteiger partial charge >= 0.3 is 6.03 Å². The van der Waals surface area contributed by atoms with Crippen molar-refractivity contribution in [3.05, 3.63) is 43.0 Å². The Kier molecular flexibility index (Phi) is 2.51. The molecule has 18 heavy (non-hydrogen) atoms. The Morgan fingerprint density at radius 2 is 2.28 bits per heavy atom. The third kappa shape index (κ3) is 1.73. The molecule has 1 aliphatic heterocycles. The minimum Gasteiger partial charge on any atom is -0.487 e. The molecule has 0 N–H and O–H groups in total. The normalized spacial score (nSPS) is 18.1. The molecule has 1 amide bonds. The topological polar surface area (TPSA) is 47.4 Å². The van der Waals surface area contributed by atoms with Crippen molar-refractivity contribution in [2.24, 2.45) is 0 Å². The lowest BCUT2D eigenvalue weighted by Crippen LogP contribution is -2.44. The predicted molar refractivity (Wildman–Crippen MR) is 66.9 cm³/mol. The van der Waals surface area contributed by atoms with Crippen LogP contribution in [0.4, 0.5) is 10.5 Å². The van der Waals surface area contributed by atoms with Gasteiger partial charge in [-0.25, -0.2) is 9.78 Å². The van der Waals surface area contributed by atoms with Crippen LogP contribution in [0, 0.1) is 0 Å². The molecule has 0 saturated carbocycles. The number of imidazole rings is 1. The molecule has 2 aromatic rings. The number of anilines is 1. The first-order chi connectivity index (χ1) is 8.75. The highest BCUT2D eigenvalue weighted by Gasteiger charge is 2.27. The summed E-state index contributed by atoms with van der Waals surface area (Å²) in [4.78, 5) is 18.0.